The molecule has 4 nitrogen and oxygen atoms in total. The summed E-state index contributed by atoms with van der Waals surface area (Å²) in [6.45, 7) is 12.0. The standard InChI is InChI=1S/C17H28N2O2/c1-4-21-15-11-13(2)17(14(3)12-15)16(20)5-8-19-9-6-18-7-10-19/h11-12,16,18,20H,4-10H2,1-3H3. The second-order valence-electron chi connectivity index (χ2n) is 5.80. The van der Waals surface area contributed by atoms with Gasteiger partial charge in [0.15, 0.2) is 0 Å². The maximum absolute atomic E-state index is 10.6. The third-order valence-electron chi connectivity index (χ3n) is 4.14. The molecule has 1 aliphatic heterocycles. The lowest BCUT2D eigenvalue weighted by Gasteiger charge is -2.28. The molecule has 0 radical (unpaired) electrons. The highest BCUT2D eigenvalue weighted by Gasteiger charge is 2.17. The molecule has 1 fully saturated rings. The number of hydrogen-bond acceptors (Lipinski definition) is 4. The summed E-state index contributed by atoms with van der Waals surface area (Å²) in [6.07, 6.45) is 0.394. The van der Waals surface area contributed by atoms with Crippen molar-refractivity contribution < 1.29 is 9.84 Å². The topological polar surface area (TPSA) is 44.7 Å². The molecule has 1 saturated heterocycles. The van der Waals surface area contributed by atoms with Gasteiger partial charge in [-0.3, -0.25) is 0 Å². The van der Waals surface area contributed by atoms with Gasteiger partial charge in [-0.15, -0.1) is 0 Å². The van der Waals surface area contributed by atoms with Crippen LogP contribution >= 0.6 is 0 Å². The normalized spacial score (nSPS) is 17.7. The fourth-order valence-corrected chi connectivity index (χ4v) is 3.09. The Kier molecular flexibility index (Phi) is 6.03. The molecular weight excluding hydrogens is 264 g/mol. The summed E-state index contributed by atoms with van der Waals surface area (Å²) in [5.74, 6) is 0.894. The number of nitrogens with one attached hydrogen (secondary N) is 1. The zero-order valence-corrected chi connectivity index (χ0v) is 13.5. The predicted molar refractivity (Wildman–Crippen MR) is 86.0 cm³/mol. The first-order chi connectivity index (χ1) is 10.1. The van der Waals surface area contributed by atoms with Gasteiger partial charge in [-0.2, -0.15) is 0 Å². The number of piperazine rings is 1. The van der Waals surface area contributed by atoms with Gasteiger partial charge in [0, 0.05) is 32.7 Å². The first kappa shape index (κ1) is 16.3. The summed E-state index contributed by atoms with van der Waals surface area (Å²) in [5.41, 5.74) is 3.30. The average Bonchev–Trinajstić information content (AvgIpc) is 2.46. The Morgan fingerprint density at radius 1 is 1.24 bits per heavy atom. The van der Waals surface area contributed by atoms with Crippen LogP contribution in [0.1, 0.15) is 36.1 Å². The summed E-state index contributed by atoms with van der Waals surface area (Å²) in [6, 6.07) is 4.06. The largest absolute Gasteiger partial charge is 0.494 e. The molecule has 2 rings (SSSR count). The highest BCUT2D eigenvalue weighted by Crippen LogP contribution is 2.29. The van der Waals surface area contributed by atoms with E-state index < -0.39 is 6.10 Å². The maximum Gasteiger partial charge on any atom is 0.119 e. The van der Waals surface area contributed by atoms with E-state index in [0.29, 0.717) is 6.61 Å². The van der Waals surface area contributed by atoms with Gasteiger partial charge >= 0.3 is 0 Å². The Morgan fingerprint density at radius 3 is 2.43 bits per heavy atom. The minimum absolute atomic E-state index is 0.393. The molecule has 1 unspecified atom stereocenters. The number of aryl methyl sites for hydroxylation is 2. The molecule has 1 aromatic rings. The van der Waals surface area contributed by atoms with Crippen molar-refractivity contribution >= 4 is 0 Å². The van der Waals surface area contributed by atoms with Crippen molar-refractivity contribution in [1.82, 2.24) is 10.2 Å². The Balaban J connectivity index is 1.99. The van der Waals surface area contributed by atoms with Crippen molar-refractivity contribution in [3.63, 3.8) is 0 Å². The van der Waals surface area contributed by atoms with Crippen molar-refractivity contribution in [1.29, 1.82) is 0 Å². The third-order valence-corrected chi connectivity index (χ3v) is 4.14. The number of ether oxygens (including phenoxy) is 1. The summed E-state index contributed by atoms with van der Waals surface area (Å²) in [4.78, 5) is 2.42. The molecule has 118 valence electrons. The smallest absolute Gasteiger partial charge is 0.119 e. The SMILES string of the molecule is CCOc1cc(C)c(C(O)CCN2CCNCC2)c(C)c1. The summed E-state index contributed by atoms with van der Waals surface area (Å²) < 4.78 is 5.56. The zero-order valence-electron chi connectivity index (χ0n) is 13.5. The van der Waals surface area contributed by atoms with E-state index in [0.717, 1.165) is 61.6 Å². The van der Waals surface area contributed by atoms with Gasteiger partial charge in [0.25, 0.3) is 0 Å². The van der Waals surface area contributed by atoms with Gasteiger partial charge in [-0.25, -0.2) is 0 Å². The van der Waals surface area contributed by atoms with Crippen LogP contribution in [0.5, 0.6) is 5.75 Å². The van der Waals surface area contributed by atoms with Crippen molar-refractivity contribution in [3.05, 3.63) is 28.8 Å². The second kappa shape index (κ2) is 7.78. The van der Waals surface area contributed by atoms with Crippen LogP contribution in [0.25, 0.3) is 0 Å². The molecule has 0 aliphatic carbocycles. The molecule has 0 amide bonds. The molecule has 0 spiro atoms. The van der Waals surface area contributed by atoms with Crippen molar-refractivity contribution in [2.45, 2.75) is 33.3 Å². The molecule has 21 heavy (non-hydrogen) atoms. The lowest BCUT2D eigenvalue weighted by Crippen LogP contribution is -2.44. The quantitative estimate of drug-likeness (QED) is 0.842. The minimum atomic E-state index is -0.393. The van der Waals surface area contributed by atoms with E-state index >= 15 is 0 Å². The van der Waals surface area contributed by atoms with Crippen molar-refractivity contribution in [3.8, 4) is 5.75 Å². The molecule has 0 bridgehead atoms. The summed E-state index contributed by atoms with van der Waals surface area (Å²) in [5, 5.41) is 13.9. The number of hydrogen-bond donors (Lipinski definition) is 2. The van der Waals surface area contributed by atoms with Crippen LogP contribution in [-0.4, -0.2) is 49.3 Å². The Labute approximate surface area is 128 Å². The molecule has 1 heterocycles. The second-order valence-corrected chi connectivity index (χ2v) is 5.80. The van der Waals surface area contributed by atoms with Gasteiger partial charge < -0.3 is 20.1 Å². The van der Waals surface area contributed by atoms with Crippen LogP contribution in [0.4, 0.5) is 0 Å². The van der Waals surface area contributed by atoms with E-state index in [2.05, 4.69) is 24.1 Å². The van der Waals surface area contributed by atoms with E-state index in [9.17, 15) is 5.11 Å². The van der Waals surface area contributed by atoms with Crippen LogP contribution in [0.2, 0.25) is 0 Å². The van der Waals surface area contributed by atoms with Gasteiger partial charge in [0.2, 0.25) is 0 Å². The molecule has 4 heteroatoms. The van der Waals surface area contributed by atoms with Gasteiger partial charge in [-0.1, -0.05) is 0 Å². The first-order valence-corrected chi connectivity index (χ1v) is 7.97. The van der Waals surface area contributed by atoms with Crippen LogP contribution in [0, 0.1) is 13.8 Å². The van der Waals surface area contributed by atoms with E-state index in [-0.39, 0.29) is 0 Å². The van der Waals surface area contributed by atoms with Crippen LogP contribution in [-0.2, 0) is 0 Å². The Bertz CT molecular complexity index is 433. The Hall–Kier alpha value is -1.10. The van der Waals surface area contributed by atoms with Gasteiger partial charge in [0.1, 0.15) is 5.75 Å². The summed E-state index contributed by atoms with van der Waals surface area (Å²) in [7, 11) is 0. The molecule has 1 aliphatic rings. The Morgan fingerprint density at radius 2 is 1.86 bits per heavy atom. The van der Waals surface area contributed by atoms with Crippen LogP contribution in [0.3, 0.4) is 0 Å². The maximum atomic E-state index is 10.6. The molecule has 0 aromatic heterocycles. The molecule has 0 saturated carbocycles. The number of aliphatic hydroxyl groups is 1. The minimum Gasteiger partial charge on any atom is -0.494 e. The van der Waals surface area contributed by atoms with E-state index in [1.807, 2.05) is 19.1 Å². The highest BCUT2D eigenvalue weighted by atomic mass is 16.5. The average molecular weight is 292 g/mol. The number of nitrogens with zero attached hydrogens (tertiary/aromatic N) is 1. The fourth-order valence-electron chi connectivity index (χ4n) is 3.09. The third kappa shape index (κ3) is 4.43. The van der Waals surface area contributed by atoms with Gasteiger partial charge in [0.05, 0.1) is 12.7 Å². The number of aliphatic hydroxyl groups excluding tert-OH is 1. The van der Waals surface area contributed by atoms with Crippen LogP contribution < -0.4 is 10.1 Å². The van der Waals surface area contributed by atoms with Crippen LogP contribution in [0.15, 0.2) is 12.1 Å². The lowest BCUT2D eigenvalue weighted by molar-refractivity contribution is 0.135. The highest BCUT2D eigenvalue weighted by molar-refractivity contribution is 5.42. The monoisotopic (exact) mass is 292 g/mol. The first-order valence-electron chi connectivity index (χ1n) is 7.97. The lowest BCUT2D eigenvalue weighted by atomic mass is 9.95. The molecule has 1 atom stereocenters. The molecule has 1 aromatic carbocycles. The van der Waals surface area contributed by atoms with Gasteiger partial charge in [-0.05, 0) is 56.0 Å². The zero-order chi connectivity index (χ0) is 15.2. The van der Waals surface area contributed by atoms with E-state index in [4.69, 9.17) is 4.74 Å². The van der Waals surface area contributed by atoms with Crippen molar-refractivity contribution in [2.75, 3.05) is 39.3 Å². The van der Waals surface area contributed by atoms with E-state index in [1.54, 1.807) is 0 Å². The molecular formula is C17H28N2O2. The predicted octanol–water partition coefficient (Wildman–Crippen LogP) is 2.03. The number of benzene rings is 1. The molecule has 2 N–H and O–H groups in total. The number of rotatable bonds is 6. The van der Waals surface area contributed by atoms with Crippen molar-refractivity contribution in [2.24, 2.45) is 0 Å². The summed E-state index contributed by atoms with van der Waals surface area (Å²) >= 11 is 0. The fraction of sp³-hybridized carbons (Fsp3) is 0.647. The van der Waals surface area contributed by atoms with E-state index in [1.165, 1.54) is 0 Å².